The van der Waals surface area contributed by atoms with Crippen molar-refractivity contribution in [2.24, 2.45) is 5.73 Å². The summed E-state index contributed by atoms with van der Waals surface area (Å²) in [4.78, 5) is 0. The normalized spacial score (nSPS) is 18.6. The Bertz CT molecular complexity index is 480. The molecular weight excluding hydrogens is 259 g/mol. The second-order valence-electron chi connectivity index (χ2n) is 4.90. The zero-order valence-corrected chi connectivity index (χ0v) is 10.5. The average Bonchev–Trinajstić information content (AvgIpc) is 2.75. The monoisotopic (exact) mass is 275 g/mol. The molecule has 19 heavy (non-hydrogen) atoms. The van der Waals surface area contributed by atoms with Gasteiger partial charge in [-0.05, 0) is 18.9 Å². The summed E-state index contributed by atoms with van der Waals surface area (Å²) >= 11 is 0. The fraction of sp³-hybridized carbons (Fsp3) is 0.538. The molecule has 6 heteroatoms. The molecule has 0 unspecified atom stereocenters. The SMILES string of the molecule is COc1c(C(F)(F)F)ccc(C2(N)CCCC2)c1O. The number of methoxy groups -OCH3 is 1. The molecule has 3 nitrogen and oxygen atoms in total. The molecule has 0 bridgehead atoms. The Morgan fingerprint density at radius 1 is 1.26 bits per heavy atom. The highest BCUT2D eigenvalue weighted by molar-refractivity contribution is 5.54. The van der Waals surface area contributed by atoms with Gasteiger partial charge >= 0.3 is 6.18 Å². The van der Waals surface area contributed by atoms with Gasteiger partial charge in [0, 0.05) is 11.1 Å². The maximum absolute atomic E-state index is 12.8. The molecule has 1 aromatic carbocycles. The summed E-state index contributed by atoms with van der Waals surface area (Å²) in [6.45, 7) is 0. The smallest absolute Gasteiger partial charge is 0.420 e. The summed E-state index contributed by atoms with van der Waals surface area (Å²) in [5, 5.41) is 10.1. The minimum absolute atomic E-state index is 0.329. The zero-order valence-electron chi connectivity index (χ0n) is 10.5. The van der Waals surface area contributed by atoms with Gasteiger partial charge in [0.2, 0.25) is 0 Å². The highest BCUT2D eigenvalue weighted by Crippen LogP contribution is 2.48. The molecule has 1 aromatic rings. The van der Waals surface area contributed by atoms with E-state index in [-0.39, 0.29) is 0 Å². The van der Waals surface area contributed by atoms with Crippen molar-refractivity contribution in [3.8, 4) is 11.5 Å². The Balaban J connectivity index is 2.55. The van der Waals surface area contributed by atoms with E-state index in [1.807, 2.05) is 0 Å². The first-order valence-corrected chi connectivity index (χ1v) is 6.06. The van der Waals surface area contributed by atoms with Gasteiger partial charge in [-0.1, -0.05) is 18.9 Å². The van der Waals surface area contributed by atoms with Gasteiger partial charge in [-0.3, -0.25) is 0 Å². The van der Waals surface area contributed by atoms with Crippen molar-refractivity contribution in [3.05, 3.63) is 23.3 Å². The summed E-state index contributed by atoms with van der Waals surface area (Å²) in [6, 6.07) is 2.17. The highest BCUT2D eigenvalue weighted by atomic mass is 19.4. The number of phenols is 1. The van der Waals surface area contributed by atoms with E-state index in [9.17, 15) is 18.3 Å². The lowest BCUT2D eigenvalue weighted by Crippen LogP contribution is -2.33. The third-order valence-electron chi connectivity index (χ3n) is 3.67. The van der Waals surface area contributed by atoms with Gasteiger partial charge < -0.3 is 15.6 Å². The molecule has 2 rings (SSSR count). The standard InChI is InChI=1S/C13H16F3NO2/c1-19-11-9(13(14,15)16)5-4-8(10(11)18)12(17)6-2-3-7-12/h4-5,18H,2-3,6-7,17H2,1H3. The van der Waals surface area contributed by atoms with E-state index in [2.05, 4.69) is 0 Å². The molecule has 0 heterocycles. The third kappa shape index (κ3) is 2.36. The molecule has 1 aliphatic carbocycles. The second-order valence-corrected chi connectivity index (χ2v) is 4.90. The van der Waals surface area contributed by atoms with Gasteiger partial charge in [0.15, 0.2) is 11.5 Å². The molecule has 1 saturated carbocycles. The van der Waals surface area contributed by atoms with Crippen molar-refractivity contribution in [2.45, 2.75) is 37.4 Å². The Hall–Kier alpha value is -1.43. The van der Waals surface area contributed by atoms with E-state index in [1.165, 1.54) is 6.07 Å². The molecule has 0 radical (unpaired) electrons. The van der Waals surface area contributed by atoms with Crippen LogP contribution in [0.5, 0.6) is 11.5 Å². The number of halogens is 3. The minimum atomic E-state index is -4.57. The number of hydrogen-bond acceptors (Lipinski definition) is 3. The van der Waals surface area contributed by atoms with E-state index in [0.717, 1.165) is 26.0 Å². The fourth-order valence-electron chi connectivity index (χ4n) is 2.68. The lowest BCUT2D eigenvalue weighted by Gasteiger charge is -2.27. The quantitative estimate of drug-likeness (QED) is 0.871. The van der Waals surface area contributed by atoms with Crippen LogP contribution in [-0.2, 0) is 11.7 Å². The lowest BCUT2D eigenvalue weighted by molar-refractivity contribution is -0.138. The van der Waals surface area contributed by atoms with E-state index in [1.54, 1.807) is 0 Å². The van der Waals surface area contributed by atoms with Crippen molar-refractivity contribution < 1.29 is 23.0 Å². The molecule has 0 aliphatic heterocycles. The van der Waals surface area contributed by atoms with Crippen LogP contribution in [0.3, 0.4) is 0 Å². The van der Waals surface area contributed by atoms with Crippen LogP contribution in [0.2, 0.25) is 0 Å². The van der Waals surface area contributed by atoms with Crippen LogP contribution in [-0.4, -0.2) is 12.2 Å². The second kappa shape index (κ2) is 4.59. The number of nitrogens with two attached hydrogens (primary N) is 1. The summed E-state index contributed by atoms with van der Waals surface area (Å²) in [5.74, 6) is -1.05. The molecule has 0 aromatic heterocycles. The van der Waals surface area contributed by atoms with E-state index >= 15 is 0 Å². The van der Waals surface area contributed by atoms with Gasteiger partial charge in [-0.15, -0.1) is 0 Å². The fourth-order valence-corrected chi connectivity index (χ4v) is 2.68. The van der Waals surface area contributed by atoms with Crippen molar-refractivity contribution in [1.29, 1.82) is 0 Å². The van der Waals surface area contributed by atoms with Crippen molar-refractivity contribution in [1.82, 2.24) is 0 Å². The Labute approximate surface area is 109 Å². The van der Waals surface area contributed by atoms with Gasteiger partial charge in [-0.25, -0.2) is 0 Å². The van der Waals surface area contributed by atoms with Gasteiger partial charge in [-0.2, -0.15) is 13.2 Å². The van der Waals surface area contributed by atoms with Crippen LogP contribution in [0, 0.1) is 0 Å². The van der Waals surface area contributed by atoms with Crippen molar-refractivity contribution in [3.63, 3.8) is 0 Å². The van der Waals surface area contributed by atoms with Crippen LogP contribution < -0.4 is 10.5 Å². The number of alkyl halides is 3. The first-order valence-electron chi connectivity index (χ1n) is 6.06. The summed E-state index contributed by atoms with van der Waals surface area (Å²) in [7, 11) is 1.10. The predicted molar refractivity (Wildman–Crippen MR) is 64.0 cm³/mol. The number of benzene rings is 1. The van der Waals surface area contributed by atoms with Crippen LogP contribution >= 0.6 is 0 Å². The van der Waals surface area contributed by atoms with Gasteiger partial charge in [0.1, 0.15) is 5.56 Å². The zero-order chi connectivity index (χ0) is 14.3. The van der Waals surface area contributed by atoms with E-state index < -0.39 is 28.8 Å². The summed E-state index contributed by atoms with van der Waals surface area (Å²) in [6.07, 6.45) is -1.47. The first kappa shape index (κ1) is 14.0. The number of aromatic hydroxyl groups is 1. The molecule has 3 N–H and O–H groups in total. The molecule has 1 fully saturated rings. The van der Waals surface area contributed by atoms with Crippen LogP contribution in [0.25, 0.3) is 0 Å². The number of ether oxygens (including phenoxy) is 1. The Morgan fingerprint density at radius 2 is 1.84 bits per heavy atom. The van der Waals surface area contributed by atoms with E-state index in [4.69, 9.17) is 10.5 Å². The van der Waals surface area contributed by atoms with Crippen LogP contribution in [0.1, 0.15) is 36.8 Å². The Morgan fingerprint density at radius 3 is 2.32 bits per heavy atom. The molecule has 1 aliphatic rings. The van der Waals surface area contributed by atoms with E-state index in [0.29, 0.717) is 18.4 Å². The topological polar surface area (TPSA) is 55.5 Å². The maximum atomic E-state index is 12.8. The maximum Gasteiger partial charge on any atom is 0.420 e. The molecule has 0 atom stereocenters. The van der Waals surface area contributed by atoms with Crippen LogP contribution in [0.4, 0.5) is 13.2 Å². The number of rotatable bonds is 2. The van der Waals surface area contributed by atoms with Gasteiger partial charge in [0.05, 0.1) is 7.11 Å². The lowest BCUT2D eigenvalue weighted by atomic mass is 9.87. The van der Waals surface area contributed by atoms with Crippen LogP contribution in [0.15, 0.2) is 12.1 Å². The number of phenolic OH excluding ortho intramolecular Hbond substituents is 1. The molecule has 0 spiro atoms. The van der Waals surface area contributed by atoms with Crippen molar-refractivity contribution in [2.75, 3.05) is 7.11 Å². The highest BCUT2D eigenvalue weighted by Gasteiger charge is 2.40. The summed E-state index contributed by atoms with van der Waals surface area (Å²) < 4.78 is 43.1. The third-order valence-corrected chi connectivity index (χ3v) is 3.67. The first-order chi connectivity index (χ1) is 8.79. The largest absolute Gasteiger partial charge is 0.504 e. The molecular formula is C13H16F3NO2. The predicted octanol–water partition coefficient (Wildman–Crippen LogP) is 3.15. The average molecular weight is 275 g/mol. The molecule has 0 amide bonds. The molecule has 0 saturated heterocycles. The summed E-state index contributed by atoms with van der Waals surface area (Å²) in [5.41, 5.74) is 4.75. The Kier molecular flexibility index (Phi) is 3.38. The minimum Gasteiger partial charge on any atom is -0.504 e. The van der Waals surface area contributed by atoms with Crippen molar-refractivity contribution >= 4 is 0 Å². The number of hydrogen-bond donors (Lipinski definition) is 2. The molecule has 106 valence electrons. The van der Waals surface area contributed by atoms with Gasteiger partial charge in [0.25, 0.3) is 0 Å².